The zero-order chi connectivity index (χ0) is 12.5. The Kier molecular flexibility index (Phi) is 3.18. The highest BCUT2D eigenvalue weighted by Gasteiger charge is 2.28. The van der Waals surface area contributed by atoms with Gasteiger partial charge >= 0.3 is 0 Å². The lowest BCUT2D eigenvalue weighted by atomic mass is 9.84. The topological polar surface area (TPSA) is 20.3 Å². The van der Waals surface area contributed by atoms with E-state index in [9.17, 15) is 9.18 Å². The Bertz CT molecular complexity index is 428. The highest BCUT2D eigenvalue weighted by Crippen LogP contribution is 2.33. The molecule has 1 fully saturated rings. The van der Waals surface area contributed by atoms with Crippen molar-refractivity contribution in [3.05, 3.63) is 29.6 Å². The maximum absolute atomic E-state index is 13.9. The van der Waals surface area contributed by atoms with Gasteiger partial charge in [-0.05, 0) is 30.4 Å². The summed E-state index contributed by atoms with van der Waals surface area (Å²) in [6.07, 6.45) is 2.92. The fourth-order valence-corrected chi connectivity index (χ4v) is 2.57. The summed E-state index contributed by atoms with van der Waals surface area (Å²) in [6, 6.07) is 4.68. The summed E-state index contributed by atoms with van der Waals surface area (Å²) in [4.78, 5) is 13.0. The van der Waals surface area contributed by atoms with Gasteiger partial charge in [0.25, 0.3) is 0 Å². The predicted molar refractivity (Wildman–Crippen MR) is 67.0 cm³/mol. The highest BCUT2D eigenvalue weighted by molar-refractivity contribution is 5.84. The van der Waals surface area contributed by atoms with E-state index in [0.717, 1.165) is 32.2 Å². The van der Waals surface area contributed by atoms with Crippen LogP contribution in [0.1, 0.15) is 37.0 Å². The van der Waals surface area contributed by atoms with Crippen LogP contribution in [-0.2, 0) is 0 Å². The molecule has 1 aliphatic heterocycles. The van der Waals surface area contributed by atoms with Gasteiger partial charge in [-0.2, -0.15) is 0 Å². The molecule has 0 radical (unpaired) electrons. The SMILES string of the molecule is CC1(C)CCCN(c2c(F)cccc2C=O)C1. The first-order valence-corrected chi connectivity index (χ1v) is 6.02. The Hall–Kier alpha value is -1.38. The molecule has 1 saturated heterocycles. The summed E-state index contributed by atoms with van der Waals surface area (Å²) in [7, 11) is 0. The van der Waals surface area contributed by atoms with Crippen LogP contribution in [0.4, 0.5) is 10.1 Å². The van der Waals surface area contributed by atoms with Crippen molar-refractivity contribution >= 4 is 12.0 Å². The van der Waals surface area contributed by atoms with Crippen molar-refractivity contribution in [1.82, 2.24) is 0 Å². The van der Waals surface area contributed by atoms with E-state index in [4.69, 9.17) is 0 Å². The molecule has 1 aliphatic rings. The molecule has 0 aromatic heterocycles. The Labute approximate surface area is 101 Å². The average Bonchev–Trinajstić information content (AvgIpc) is 2.27. The first-order chi connectivity index (χ1) is 8.03. The Morgan fingerprint density at radius 1 is 1.41 bits per heavy atom. The molecule has 0 atom stereocenters. The van der Waals surface area contributed by atoms with E-state index in [0.29, 0.717) is 11.3 Å². The van der Waals surface area contributed by atoms with Gasteiger partial charge in [0.05, 0.1) is 5.69 Å². The van der Waals surface area contributed by atoms with Gasteiger partial charge in [-0.25, -0.2) is 4.39 Å². The predicted octanol–water partition coefficient (Wildman–Crippen LogP) is 3.26. The maximum atomic E-state index is 13.9. The monoisotopic (exact) mass is 235 g/mol. The van der Waals surface area contributed by atoms with Crippen LogP contribution >= 0.6 is 0 Å². The first-order valence-electron chi connectivity index (χ1n) is 6.02. The van der Waals surface area contributed by atoms with Crippen LogP contribution < -0.4 is 4.90 Å². The zero-order valence-corrected chi connectivity index (χ0v) is 10.4. The number of carbonyl (C=O) groups excluding carboxylic acids is 1. The average molecular weight is 235 g/mol. The molecule has 3 heteroatoms. The molecule has 1 aromatic carbocycles. The molecular weight excluding hydrogens is 217 g/mol. The molecule has 0 bridgehead atoms. The van der Waals surface area contributed by atoms with Crippen LogP contribution in [0, 0.1) is 11.2 Å². The molecule has 1 heterocycles. The largest absolute Gasteiger partial charge is 0.368 e. The van der Waals surface area contributed by atoms with Gasteiger partial charge in [0.15, 0.2) is 6.29 Å². The van der Waals surface area contributed by atoms with Crippen molar-refractivity contribution in [2.45, 2.75) is 26.7 Å². The smallest absolute Gasteiger partial charge is 0.152 e. The van der Waals surface area contributed by atoms with Crippen molar-refractivity contribution < 1.29 is 9.18 Å². The quantitative estimate of drug-likeness (QED) is 0.733. The lowest BCUT2D eigenvalue weighted by Gasteiger charge is -2.40. The summed E-state index contributed by atoms with van der Waals surface area (Å²) in [5.74, 6) is -0.299. The number of anilines is 1. The second-order valence-electron chi connectivity index (χ2n) is 5.48. The molecule has 17 heavy (non-hydrogen) atoms. The molecule has 2 rings (SSSR count). The standard InChI is InChI=1S/C14H18FNO/c1-14(2)7-4-8-16(10-14)13-11(9-17)5-3-6-12(13)15/h3,5-6,9H,4,7-8,10H2,1-2H3. The second kappa shape index (κ2) is 4.47. The molecule has 0 saturated carbocycles. The molecule has 92 valence electrons. The molecule has 2 nitrogen and oxygen atoms in total. The second-order valence-corrected chi connectivity index (χ2v) is 5.48. The van der Waals surface area contributed by atoms with Gasteiger partial charge in [-0.3, -0.25) is 4.79 Å². The van der Waals surface area contributed by atoms with Gasteiger partial charge in [0, 0.05) is 18.7 Å². The normalized spacial score (nSPS) is 19.1. The van der Waals surface area contributed by atoms with E-state index in [-0.39, 0.29) is 11.2 Å². The highest BCUT2D eigenvalue weighted by atomic mass is 19.1. The minimum absolute atomic E-state index is 0.181. The summed E-state index contributed by atoms with van der Waals surface area (Å²) < 4.78 is 13.9. The third-order valence-electron chi connectivity index (χ3n) is 3.36. The summed E-state index contributed by atoms with van der Waals surface area (Å²) in [5, 5.41) is 0. The van der Waals surface area contributed by atoms with Crippen LogP contribution in [-0.4, -0.2) is 19.4 Å². The third-order valence-corrected chi connectivity index (χ3v) is 3.36. The Balaban J connectivity index is 2.36. The molecule has 0 aliphatic carbocycles. The minimum atomic E-state index is -0.299. The Morgan fingerprint density at radius 2 is 2.18 bits per heavy atom. The van der Waals surface area contributed by atoms with Crippen molar-refractivity contribution in [2.24, 2.45) is 5.41 Å². The Morgan fingerprint density at radius 3 is 2.82 bits per heavy atom. The van der Waals surface area contributed by atoms with E-state index >= 15 is 0 Å². The van der Waals surface area contributed by atoms with Crippen LogP contribution in [0.25, 0.3) is 0 Å². The van der Waals surface area contributed by atoms with Crippen LogP contribution in [0.3, 0.4) is 0 Å². The molecule has 0 unspecified atom stereocenters. The van der Waals surface area contributed by atoms with Crippen LogP contribution in [0.5, 0.6) is 0 Å². The van der Waals surface area contributed by atoms with Crippen molar-refractivity contribution in [2.75, 3.05) is 18.0 Å². The lowest BCUT2D eigenvalue weighted by Crippen LogP contribution is -2.41. The van der Waals surface area contributed by atoms with Gasteiger partial charge in [-0.1, -0.05) is 19.9 Å². The van der Waals surface area contributed by atoms with Gasteiger partial charge in [0.2, 0.25) is 0 Å². The summed E-state index contributed by atoms with van der Waals surface area (Å²) >= 11 is 0. The van der Waals surface area contributed by atoms with E-state index in [1.54, 1.807) is 12.1 Å². The summed E-state index contributed by atoms with van der Waals surface area (Å²) in [5.41, 5.74) is 1.10. The van der Waals surface area contributed by atoms with Gasteiger partial charge in [-0.15, -0.1) is 0 Å². The van der Waals surface area contributed by atoms with Gasteiger partial charge in [0.1, 0.15) is 5.82 Å². The molecular formula is C14H18FNO. The number of benzene rings is 1. The molecule has 0 amide bonds. The fraction of sp³-hybridized carbons (Fsp3) is 0.500. The summed E-state index contributed by atoms with van der Waals surface area (Å²) in [6.45, 7) is 5.99. The van der Waals surface area contributed by atoms with Crippen LogP contribution in [0.15, 0.2) is 18.2 Å². The number of hydrogen-bond acceptors (Lipinski definition) is 2. The number of aldehydes is 1. The number of nitrogens with zero attached hydrogens (tertiary/aromatic N) is 1. The number of piperidine rings is 1. The van der Waals surface area contributed by atoms with Crippen molar-refractivity contribution in [3.63, 3.8) is 0 Å². The van der Waals surface area contributed by atoms with E-state index in [2.05, 4.69) is 13.8 Å². The number of carbonyl (C=O) groups is 1. The van der Waals surface area contributed by atoms with E-state index in [1.165, 1.54) is 6.07 Å². The van der Waals surface area contributed by atoms with Crippen molar-refractivity contribution in [3.8, 4) is 0 Å². The molecule has 0 N–H and O–H groups in total. The third kappa shape index (κ3) is 2.48. The number of rotatable bonds is 2. The van der Waals surface area contributed by atoms with Gasteiger partial charge < -0.3 is 4.90 Å². The van der Waals surface area contributed by atoms with E-state index in [1.807, 2.05) is 4.90 Å². The van der Waals surface area contributed by atoms with Crippen LogP contribution in [0.2, 0.25) is 0 Å². The lowest BCUT2D eigenvalue weighted by molar-refractivity contribution is 0.112. The number of hydrogen-bond donors (Lipinski definition) is 0. The fourth-order valence-electron chi connectivity index (χ4n) is 2.57. The number of para-hydroxylation sites is 1. The van der Waals surface area contributed by atoms with E-state index < -0.39 is 0 Å². The maximum Gasteiger partial charge on any atom is 0.152 e. The molecule has 1 aromatic rings. The van der Waals surface area contributed by atoms with Crippen molar-refractivity contribution in [1.29, 1.82) is 0 Å². The zero-order valence-electron chi connectivity index (χ0n) is 10.4. The first kappa shape index (κ1) is 12.1. The minimum Gasteiger partial charge on any atom is -0.368 e. The number of halogens is 1. The molecule has 0 spiro atoms.